The lowest BCUT2D eigenvalue weighted by Gasteiger charge is -2.22. The van der Waals surface area contributed by atoms with E-state index in [2.05, 4.69) is 10.5 Å². The third-order valence-electron chi connectivity index (χ3n) is 3.98. The van der Waals surface area contributed by atoms with Gasteiger partial charge in [0.2, 0.25) is 0 Å². The van der Waals surface area contributed by atoms with Crippen LogP contribution in [0.5, 0.6) is 0 Å². The number of ether oxygens (including phenoxy) is 1. The molecule has 1 saturated heterocycles. The molecule has 4 atom stereocenters. The van der Waals surface area contributed by atoms with Crippen LogP contribution in [0.25, 0.3) is 0 Å². The van der Waals surface area contributed by atoms with Crippen molar-refractivity contribution in [2.75, 3.05) is 6.61 Å². The molecule has 1 aliphatic rings. The number of hydrogen-bond donors (Lipinski definition) is 4. The molecule has 1 aliphatic heterocycles. The van der Waals surface area contributed by atoms with E-state index in [0.29, 0.717) is 0 Å². The molecule has 0 aliphatic carbocycles. The fraction of sp³-hybridized carbons (Fsp3) is 0.375. The van der Waals surface area contributed by atoms with Gasteiger partial charge in [-0.15, -0.1) is 0 Å². The van der Waals surface area contributed by atoms with Crippen molar-refractivity contribution in [1.29, 1.82) is 0 Å². The third kappa shape index (κ3) is 3.86. The second kappa shape index (κ2) is 7.72. The Kier molecular flexibility index (Phi) is 5.41. The fourth-order valence-corrected chi connectivity index (χ4v) is 2.68. The molecule has 134 valence electrons. The predicted molar refractivity (Wildman–Crippen MR) is 86.5 cm³/mol. The summed E-state index contributed by atoms with van der Waals surface area (Å²) in [4.78, 5) is 30.7. The van der Waals surface area contributed by atoms with Crippen LogP contribution < -0.4 is 16.7 Å². The van der Waals surface area contributed by atoms with Crippen molar-refractivity contribution < 1.29 is 19.8 Å². The number of aromatic amines is 1. The van der Waals surface area contributed by atoms with Crippen molar-refractivity contribution in [3.63, 3.8) is 0 Å². The van der Waals surface area contributed by atoms with Gasteiger partial charge in [0.15, 0.2) is 6.23 Å². The number of H-pyrrole nitrogens is 1. The molecular weight excluding hydrogens is 330 g/mol. The van der Waals surface area contributed by atoms with Crippen LogP contribution in [0, 0.1) is 0 Å². The highest BCUT2D eigenvalue weighted by Crippen LogP contribution is 2.28. The Morgan fingerprint density at radius 2 is 2.00 bits per heavy atom. The lowest BCUT2D eigenvalue weighted by molar-refractivity contribution is -0.0610. The van der Waals surface area contributed by atoms with E-state index in [1.807, 2.05) is 30.3 Å². The zero-order valence-electron chi connectivity index (χ0n) is 13.2. The van der Waals surface area contributed by atoms with Gasteiger partial charge in [-0.3, -0.25) is 19.2 Å². The van der Waals surface area contributed by atoms with Gasteiger partial charge in [0, 0.05) is 12.3 Å². The third-order valence-corrected chi connectivity index (χ3v) is 3.98. The molecule has 0 radical (unpaired) electrons. The number of benzene rings is 1. The lowest BCUT2D eigenvalue weighted by Crippen LogP contribution is -2.46. The molecule has 1 fully saturated rings. The maximum absolute atomic E-state index is 12.0. The van der Waals surface area contributed by atoms with E-state index >= 15 is 0 Å². The molecule has 2 aromatic rings. The Labute approximate surface area is 142 Å². The first-order chi connectivity index (χ1) is 12.1. The van der Waals surface area contributed by atoms with Gasteiger partial charge in [-0.05, 0) is 5.56 Å². The van der Waals surface area contributed by atoms with Crippen molar-refractivity contribution >= 4 is 0 Å². The maximum Gasteiger partial charge on any atom is 0.330 e. The molecule has 4 N–H and O–H groups in total. The molecule has 9 nitrogen and oxygen atoms in total. The predicted octanol–water partition coefficient (Wildman–Crippen LogP) is -1.12. The molecule has 0 saturated carbocycles. The van der Waals surface area contributed by atoms with Crippen LogP contribution in [-0.2, 0) is 16.2 Å². The highest BCUT2D eigenvalue weighted by atomic mass is 16.7. The van der Waals surface area contributed by atoms with E-state index in [4.69, 9.17) is 9.57 Å². The average Bonchev–Trinajstić information content (AvgIpc) is 2.92. The number of nitrogens with one attached hydrogen (secondary N) is 2. The van der Waals surface area contributed by atoms with Crippen LogP contribution in [0.1, 0.15) is 11.8 Å². The molecule has 1 aromatic carbocycles. The Morgan fingerprint density at radius 3 is 2.68 bits per heavy atom. The van der Waals surface area contributed by atoms with Gasteiger partial charge in [-0.2, -0.15) is 5.48 Å². The van der Waals surface area contributed by atoms with Crippen LogP contribution in [0.4, 0.5) is 0 Å². The van der Waals surface area contributed by atoms with Gasteiger partial charge < -0.3 is 14.9 Å². The summed E-state index contributed by atoms with van der Waals surface area (Å²) in [5.74, 6) is 0. The second-order valence-electron chi connectivity index (χ2n) is 5.67. The van der Waals surface area contributed by atoms with Crippen molar-refractivity contribution in [3.8, 4) is 0 Å². The van der Waals surface area contributed by atoms with Crippen LogP contribution in [0.3, 0.4) is 0 Å². The van der Waals surface area contributed by atoms with Crippen molar-refractivity contribution in [2.24, 2.45) is 0 Å². The smallest absolute Gasteiger partial charge is 0.330 e. The molecule has 1 aromatic heterocycles. The second-order valence-corrected chi connectivity index (χ2v) is 5.67. The average molecular weight is 349 g/mol. The SMILES string of the molecule is O=c1ccn([C@H]2O[C@@H](CO)C(O)C2NOCc2ccccc2)c(=O)[nH]1. The number of rotatable bonds is 6. The molecule has 3 rings (SSSR count). The number of hydrogen-bond acceptors (Lipinski definition) is 7. The van der Waals surface area contributed by atoms with E-state index in [1.165, 1.54) is 12.3 Å². The molecule has 0 amide bonds. The molecule has 0 spiro atoms. The summed E-state index contributed by atoms with van der Waals surface area (Å²) in [7, 11) is 0. The summed E-state index contributed by atoms with van der Waals surface area (Å²) >= 11 is 0. The van der Waals surface area contributed by atoms with Gasteiger partial charge in [0.1, 0.15) is 18.2 Å². The molecule has 2 heterocycles. The minimum atomic E-state index is -1.11. The first-order valence-corrected chi connectivity index (χ1v) is 7.77. The van der Waals surface area contributed by atoms with Gasteiger partial charge in [0.25, 0.3) is 5.56 Å². The Balaban J connectivity index is 1.75. The summed E-state index contributed by atoms with van der Waals surface area (Å²) < 4.78 is 6.67. The van der Waals surface area contributed by atoms with Gasteiger partial charge >= 0.3 is 5.69 Å². The Hall–Kier alpha value is -2.30. The molecular formula is C16H19N3O6. The van der Waals surface area contributed by atoms with Crippen molar-refractivity contribution in [3.05, 3.63) is 69.0 Å². The monoisotopic (exact) mass is 349 g/mol. The first kappa shape index (κ1) is 17.5. The first-order valence-electron chi connectivity index (χ1n) is 7.77. The summed E-state index contributed by atoms with van der Waals surface area (Å²) in [5.41, 5.74) is 2.39. The summed E-state index contributed by atoms with van der Waals surface area (Å²) in [5, 5.41) is 19.6. The quantitative estimate of drug-likeness (QED) is 0.487. The van der Waals surface area contributed by atoms with Crippen molar-refractivity contribution in [2.45, 2.75) is 31.1 Å². The van der Waals surface area contributed by atoms with Gasteiger partial charge in [0.05, 0.1) is 13.2 Å². The zero-order valence-corrected chi connectivity index (χ0v) is 13.2. The zero-order chi connectivity index (χ0) is 17.8. The normalized spacial score (nSPS) is 26.0. The van der Waals surface area contributed by atoms with Gasteiger partial charge in [-0.25, -0.2) is 4.79 Å². The van der Waals surface area contributed by atoms with Crippen LogP contribution in [0.15, 0.2) is 52.2 Å². The topological polar surface area (TPSA) is 126 Å². The highest BCUT2D eigenvalue weighted by molar-refractivity contribution is 5.13. The molecule has 25 heavy (non-hydrogen) atoms. The van der Waals surface area contributed by atoms with Crippen molar-refractivity contribution in [1.82, 2.24) is 15.0 Å². The number of hydroxylamine groups is 1. The van der Waals surface area contributed by atoms with E-state index in [9.17, 15) is 19.8 Å². The minimum Gasteiger partial charge on any atom is -0.394 e. The van der Waals surface area contributed by atoms with Crippen LogP contribution in [-0.4, -0.2) is 44.6 Å². The highest BCUT2D eigenvalue weighted by Gasteiger charge is 2.45. The lowest BCUT2D eigenvalue weighted by atomic mass is 10.1. The largest absolute Gasteiger partial charge is 0.394 e. The summed E-state index contributed by atoms with van der Waals surface area (Å²) in [6.45, 7) is -0.187. The fourth-order valence-electron chi connectivity index (χ4n) is 2.68. The van der Waals surface area contributed by atoms with E-state index in [1.54, 1.807) is 0 Å². The Morgan fingerprint density at radius 1 is 1.24 bits per heavy atom. The number of aromatic nitrogens is 2. The molecule has 2 unspecified atom stereocenters. The Bertz CT molecular complexity index is 805. The number of aliphatic hydroxyl groups excluding tert-OH is 2. The minimum absolute atomic E-state index is 0.237. The van der Waals surface area contributed by atoms with E-state index < -0.39 is 42.3 Å². The summed E-state index contributed by atoms with van der Waals surface area (Å²) in [6, 6.07) is 9.74. The standard InChI is InChI=1S/C16H19N3O6/c20-8-11-14(22)13(18-24-9-10-4-2-1-3-5-10)15(25-11)19-7-6-12(21)17-16(19)23/h1-7,11,13-15,18,20,22H,8-9H2,(H,17,21,23)/t11-,13?,14?,15-/m0/s1. The van der Waals surface area contributed by atoms with Crippen LogP contribution >= 0.6 is 0 Å². The van der Waals surface area contributed by atoms with Crippen LogP contribution in [0.2, 0.25) is 0 Å². The number of nitrogens with zero attached hydrogens (tertiary/aromatic N) is 1. The maximum atomic E-state index is 12.0. The van der Waals surface area contributed by atoms with E-state index in [0.717, 1.165) is 10.1 Å². The number of aliphatic hydroxyl groups is 2. The summed E-state index contributed by atoms with van der Waals surface area (Å²) in [6.07, 6.45) is -1.68. The van der Waals surface area contributed by atoms with Gasteiger partial charge in [-0.1, -0.05) is 30.3 Å². The molecule has 0 bridgehead atoms. The molecule has 9 heteroatoms. The van der Waals surface area contributed by atoms with E-state index in [-0.39, 0.29) is 6.61 Å².